The molecular formula is C33H65N3O6. The van der Waals surface area contributed by atoms with Crippen molar-refractivity contribution in [2.24, 2.45) is 58.6 Å². The fourth-order valence-electron chi connectivity index (χ4n) is 6.72. The number of carboxylic acids is 3. The van der Waals surface area contributed by atoms with Gasteiger partial charge in [0.05, 0.1) is 18.8 Å². The quantitative estimate of drug-likeness (QED) is 0.191. The lowest BCUT2D eigenvalue weighted by molar-refractivity contribution is -0.152. The third kappa shape index (κ3) is 17.4. The van der Waals surface area contributed by atoms with Crippen LogP contribution in [-0.4, -0.2) is 51.4 Å². The molecule has 9 heteroatoms. The molecule has 0 saturated heterocycles. The summed E-state index contributed by atoms with van der Waals surface area (Å²) in [5, 5.41) is 24.7. The van der Waals surface area contributed by atoms with Crippen LogP contribution >= 0.6 is 0 Å². The smallest absolute Gasteiger partial charge is 0.307 e. The maximum Gasteiger partial charge on any atom is 0.307 e. The van der Waals surface area contributed by atoms with Gasteiger partial charge in [0.15, 0.2) is 0 Å². The lowest BCUT2D eigenvalue weighted by Crippen LogP contribution is -2.35. The molecule has 3 aliphatic rings. The van der Waals surface area contributed by atoms with Gasteiger partial charge in [-0.3, -0.25) is 14.4 Å². The van der Waals surface area contributed by atoms with Crippen LogP contribution in [0.2, 0.25) is 0 Å². The van der Waals surface area contributed by atoms with Crippen LogP contribution in [0, 0.1) is 41.4 Å². The lowest BCUT2D eigenvalue weighted by atomic mass is 9.78. The van der Waals surface area contributed by atoms with Crippen molar-refractivity contribution in [3.05, 3.63) is 0 Å². The standard InChI is InChI=1S/3C9H19N.C6H8O6/c3*1-7(2)8-5-3-4-6-9(8)10;7-4(8)1-3(6(11)12)2-5(9)10/h3*7-9H,3-6,10H2,1-2H3;3H,1-2H2,(H,7,8)(H,9,10)(H,11,12). The third-order valence-electron chi connectivity index (χ3n) is 9.38. The van der Waals surface area contributed by atoms with Crippen molar-refractivity contribution < 1.29 is 29.7 Å². The Morgan fingerprint density at radius 2 is 0.762 bits per heavy atom. The third-order valence-corrected chi connectivity index (χ3v) is 9.38. The Balaban J connectivity index is 0.000000535. The zero-order chi connectivity index (χ0) is 32.4. The van der Waals surface area contributed by atoms with Gasteiger partial charge in [-0.15, -0.1) is 0 Å². The largest absolute Gasteiger partial charge is 0.481 e. The van der Waals surface area contributed by atoms with Crippen molar-refractivity contribution in [2.45, 2.75) is 150 Å². The summed E-state index contributed by atoms with van der Waals surface area (Å²) in [6.45, 7) is 13.7. The molecule has 0 aromatic heterocycles. The highest BCUT2D eigenvalue weighted by molar-refractivity contribution is 5.82. The van der Waals surface area contributed by atoms with E-state index in [0.29, 0.717) is 18.1 Å². The Hall–Kier alpha value is -1.71. The Morgan fingerprint density at radius 3 is 0.905 bits per heavy atom. The van der Waals surface area contributed by atoms with E-state index >= 15 is 0 Å². The van der Waals surface area contributed by atoms with Crippen molar-refractivity contribution in [3.8, 4) is 0 Å². The molecule has 3 rings (SSSR count). The first-order valence-electron chi connectivity index (χ1n) is 16.5. The van der Waals surface area contributed by atoms with Crippen LogP contribution in [0.3, 0.4) is 0 Å². The molecule has 0 heterocycles. The summed E-state index contributed by atoms with van der Waals surface area (Å²) in [5.41, 5.74) is 17.9. The molecule has 0 spiro atoms. The maximum atomic E-state index is 10.2. The number of aliphatic carboxylic acids is 3. The maximum absolute atomic E-state index is 10.2. The van der Waals surface area contributed by atoms with Crippen LogP contribution in [0.5, 0.6) is 0 Å². The number of nitrogens with two attached hydrogens (primary N) is 3. The molecule has 9 nitrogen and oxygen atoms in total. The van der Waals surface area contributed by atoms with Crippen LogP contribution in [0.1, 0.15) is 131 Å². The molecule has 6 unspecified atom stereocenters. The van der Waals surface area contributed by atoms with E-state index in [2.05, 4.69) is 41.5 Å². The highest BCUT2D eigenvalue weighted by Crippen LogP contribution is 2.30. The monoisotopic (exact) mass is 599 g/mol. The molecule has 9 N–H and O–H groups in total. The van der Waals surface area contributed by atoms with Crippen molar-refractivity contribution in [2.75, 3.05) is 0 Å². The van der Waals surface area contributed by atoms with Crippen molar-refractivity contribution in [1.82, 2.24) is 0 Å². The van der Waals surface area contributed by atoms with Gasteiger partial charge in [0.2, 0.25) is 0 Å². The van der Waals surface area contributed by atoms with E-state index < -0.39 is 36.7 Å². The van der Waals surface area contributed by atoms with E-state index in [0.717, 1.165) is 35.5 Å². The highest BCUT2D eigenvalue weighted by Gasteiger charge is 2.26. The summed E-state index contributed by atoms with van der Waals surface area (Å²) >= 11 is 0. The van der Waals surface area contributed by atoms with Gasteiger partial charge in [-0.1, -0.05) is 80.1 Å². The lowest BCUT2D eigenvalue weighted by Gasteiger charge is -2.31. The molecule has 3 fully saturated rings. The number of hydrogen-bond acceptors (Lipinski definition) is 6. The topological polar surface area (TPSA) is 190 Å². The molecule has 6 atom stereocenters. The molecular weight excluding hydrogens is 534 g/mol. The van der Waals surface area contributed by atoms with E-state index in [-0.39, 0.29) is 0 Å². The van der Waals surface area contributed by atoms with Crippen molar-refractivity contribution >= 4 is 17.9 Å². The first-order chi connectivity index (χ1) is 19.6. The second kappa shape index (κ2) is 21.9. The molecule has 0 radical (unpaired) electrons. The minimum Gasteiger partial charge on any atom is -0.481 e. The van der Waals surface area contributed by atoms with E-state index in [4.69, 9.17) is 32.5 Å². The Kier molecular flexibility index (Phi) is 21.0. The van der Waals surface area contributed by atoms with E-state index in [1.165, 1.54) is 77.0 Å². The van der Waals surface area contributed by atoms with Crippen LogP contribution < -0.4 is 17.2 Å². The molecule has 0 bridgehead atoms. The Bertz CT molecular complexity index is 682. The van der Waals surface area contributed by atoms with Crippen molar-refractivity contribution in [3.63, 3.8) is 0 Å². The number of carbonyl (C=O) groups is 3. The van der Waals surface area contributed by atoms with Gasteiger partial charge >= 0.3 is 17.9 Å². The van der Waals surface area contributed by atoms with Crippen LogP contribution in [0.25, 0.3) is 0 Å². The van der Waals surface area contributed by atoms with Crippen LogP contribution in [0.15, 0.2) is 0 Å². The molecule has 0 aromatic rings. The first kappa shape index (κ1) is 40.3. The Labute approximate surface area is 255 Å². The van der Waals surface area contributed by atoms with Gasteiger partial charge < -0.3 is 32.5 Å². The number of rotatable bonds is 8. The molecule has 3 saturated carbocycles. The minimum atomic E-state index is -1.40. The summed E-state index contributed by atoms with van der Waals surface area (Å²) < 4.78 is 0. The van der Waals surface area contributed by atoms with E-state index in [1.807, 2.05) is 0 Å². The van der Waals surface area contributed by atoms with Gasteiger partial charge in [-0.25, -0.2) is 0 Å². The number of hydrogen-bond donors (Lipinski definition) is 6. The summed E-state index contributed by atoms with van der Waals surface area (Å²) in [4.78, 5) is 30.3. The molecule has 0 aromatic carbocycles. The van der Waals surface area contributed by atoms with Crippen LogP contribution in [0.4, 0.5) is 0 Å². The van der Waals surface area contributed by atoms with E-state index in [1.54, 1.807) is 0 Å². The molecule has 248 valence electrons. The summed E-state index contributed by atoms with van der Waals surface area (Å²) in [5.74, 6) is -0.621. The molecule has 0 aliphatic heterocycles. The average molecular weight is 600 g/mol. The van der Waals surface area contributed by atoms with Crippen molar-refractivity contribution in [1.29, 1.82) is 0 Å². The van der Waals surface area contributed by atoms with Gasteiger partial charge in [0.1, 0.15) is 0 Å². The predicted molar refractivity (Wildman–Crippen MR) is 170 cm³/mol. The van der Waals surface area contributed by atoms with Gasteiger partial charge in [-0.2, -0.15) is 0 Å². The SMILES string of the molecule is CC(C)C1CCCCC1N.CC(C)C1CCCCC1N.CC(C)C1CCCCC1N.O=C(O)CC(CC(=O)O)C(=O)O. The second-order valence-electron chi connectivity index (χ2n) is 13.8. The van der Waals surface area contributed by atoms with Gasteiger partial charge in [0, 0.05) is 18.1 Å². The minimum absolute atomic E-state index is 0.494. The summed E-state index contributed by atoms with van der Waals surface area (Å²) in [6, 6.07) is 1.48. The predicted octanol–water partition coefficient (Wildman–Crippen LogP) is 6.12. The highest BCUT2D eigenvalue weighted by atomic mass is 16.4. The van der Waals surface area contributed by atoms with Crippen LogP contribution in [-0.2, 0) is 14.4 Å². The fraction of sp³-hybridized carbons (Fsp3) is 0.909. The molecule has 3 aliphatic carbocycles. The van der Waals surface area contributed by atoms with Gasteiger partial charge in [-0.05, 0) is 74.0 Å². The zero-order valence-corrected chi connectivity index (χ0v) is 27.5. The normalized spacial score (nSPS) is 27.6. The summed E-state index contributed by atoms with van der Waals surface area (Å²) in [6.07, 6.45) is 14.8. The zero-order valence-electron chi connectivity index (χ0n) is 27.5. The number of carboxylic acid groups (broad SMARTS) is 3. The van der Waals surface area contributed by atoms with Gasteiger partial charge in [0.25, 0.3) is 0 Å². The summed E-state index contributed by atoms with van der Waals surface area (Å²) in [7, 11) is 0. The van der Waals surface area contributed by atoms with E-state index in [9.17, 15) is 14.4 Å². The molecule has 42 heavy (non-hydrogen) atoms. The first-order valence-corrected chi connectivity index (χ1v) is 16.5. The average Bonchev–Trinajstić information content (AvgIpc) is 2.89. The fourth-order valence-corrected chi connectivity index (χ4v) is 6.72. The Morgan fingerprint density at radius 1 is 0.524 bits per heavy atom. The molecule has 0 amide bonds. The second-order valence-corrected chi connectivity index (χ2v) is 13.8.